The van der Waals surface area contributed by atoms with Crippen LogP contribution < -0.4 is 5.32 Å². The topological polar surface area (TPSA) is 154 Å². The number of nitrogens with one attached hydrogen (secondary N) is 1. The van der Waals surface area contributed by atoms with Gasteiger partial charge in [-0.2, -0.15) is 0 Å². The first kappa shape index (κ1) is 32.3. The number of rotatable bonds is 6. The van der Waals surface area contributed by atoms with E-state index in [1.54, 1.807) is 84.0 Å². The van der Waals surface area contributed by atoms with Crippen LogP contribution in [0.1, 0.15) is 76.2 Å². The Morgan fingerprint density at radius 1 is 1.12 bits per heavy atom. The molecule has 0 bridgehead atoms. The highest BCUT2D eigenvalue weighted by Gasteiger charge is 2.50. The van der Waals surface area contributed by atoms with Gasteiger partial charge in [-0.05, 0) is 58.7 Å². The van der Waals surface area contributed by atoms with Crippen molar-refractivity contribution in [1.82, 2.24) is 19.2 Å². The zero-order valence-electron chi connectivity index (χ0n) is 24.9. The van der Waals surface area contributed by atoms with E-state index in [9.17, 15) is 28.6 Å². The number of alkyl carbamates (subject to hydrolysis) is 1. The molecule has 232 valence electrons. The van der Waals surface area contributed by atoms with Crippen LogP contribution in [0.3, 0.4) is 0 Å². The van der Waals surface area contributed by atoms with Gasteiger partial charge in [-0.1, -0.05) is 54.1 Å². The summed E-state index contributed by atoms with van der Waals surface area (Å²) in [7, 11) is -3.51. The first-order chi connectivity index (χ1) is 19.9. The van der Waals surface area contributed by atoms with E-state index in [-0.39, 0.29) is 29.6 Å². The molecule has 4 N–H and O–H groups in total. The third-order valence-corrected chi connectivity index (χ3v) is 9.55. The lowest BCUT2D eigenvalue weighted by atomic mass is 10.0. The molecular formula is C30H37ClN4O7S. The molecule has 11 nitrogen and oxygen atoms in total. The monoisotopic (exact) mass is 632 g/mol. The molecule has 1 aliphatic rings. The largest absolute Gasteiger partial charge is 0.464 e. The number of benzene rings is 2. The average molecular weight is 633 g/mol. The number of imidazole rings is 1. The molecule has 2 heterocycles. The SMILES string of the molecule is CC(C)(C)OC(=O)NC(Cc1ccc(C2CC(=O)N(C(C)(C)C)S2(O)O)c(Cl)c1)c1ncc(-c2ccccc2)n1C(=O)O. The van der Waals surface area contributed by atoms with Crippen LogP contribution in [0.5, 0.6) is 0 Å². The second-order valence-electron chi connectivity index (χ2n) is 12.4. The van der Waals surface area contributed by atoms with Gasteiger partial charge in [0.05, 0.1) is 29.9 Å². The summed E-state index contributed by atoms with van der Waals surface area (Å²) in [5, 5.41) is 12.2. The fourth-order valence-corrected chi connectivity index (χ4v) is 7.91. The number of amides is 2. The maximum absolute atomic E-state index is 12.9. The summed E-state index contributed by atoms with van der Waals surface area (Å²) in [6.07, 6.45) is -0.648. The van der Waals surface area contributed by atoms with Crippen molar-refractivity contribution in [2.45, 2.75) is 76.8 Å². The minimum atomic E-state index is -3.51. The average Bonchev–Trinajstić information content (AvgIpc) is 3.41. The molecule has 0 aliphatic carbocycles. The molecule has 0 saturated carbocycles. The van der Waals surface area contributed by atoms with Crippen molar-refractivity contribution in [3.63, 3.8) is 0 Å². The Hall–Kier alpha value is -3.58. The highest BCUT2D eigenvalue weighted by molar-refractivity contribution is 8.23. The zero-order chi connectivity index (χ0) is 31.9. The van der Waals surface area contributed by atoms with Crippen molar-refractivity contribution in [2.75, 3.05) is 0 Å². The highest BCUT2D eigenvalue weighted by atomic mass is 35.5. The molecule has 3 aromatic rings. The van der Waals surface area contributed by atoms with Crippen molar-refractivity contribution < 1.29 is 33.3 Å². The first-order valence-corrected chi connectivity index (χ1v) is 15.6. The van der Waals surface area contributed by atoms with E-state index in [4.69, 9.17) is 16.3 Å². The molecule has 2 atom stereocenters. The van der Waals surface area contributed by atoms with E-state index in [0.29, 0.717) is 22.4 Å². The molecule has 1 aromatic heterocycles. The number of carbonyl (C=O) groups excluding carboxylic acids is 2. The lowest BCUT2D eigenvalue weighted by Gasteiger charge is -2.47. The van der Waals surface area contributed by atoms with Gasteiger partial charge in [0.25, 0.3) is 0 Å². The van der Waals surface area contributed by atoms with Crippen LogP contribution in [0.25, 0.3) is 11.3 Å². The molecule has 1 fully saturated rings. The number of nitrogens with zero attached hydrogens (tertiary/aromatic N) is 3. The van der Waals surface area contributed by atoms with E-state index in [1.807, 2.05) is 6.07 Å². The van der Waals surface area contributed by atoms with Crippen LogP contribution in [0.2, 0.25) is 5.02 Å². The number of aromatic nitrogens is 2. The molecule has 2 unspecified atom stereocenters. The predicted molar refractivity (Wildman–Crippen MR) is 165 cm³/mol. The van der Waals surface area contributed by atoms with Crippen LogP contribution in [-0.2, 0) is 16.0 Å². The summed E-state index contributed by atoms with van der Waals surface area (Å²) in [6.45, 7) is 10.3. The van der Waals surface area contributed by atoms with Gasteiger partial charge in [0, 0.05) is 17.0 Å². The van der Waals surface area contributed by atoms with Gasteiger partial charge in [-0.3, -0.25) is 13.9 Å². The van der Waals surface area contributed by atoms with E-state index in [1.165, 1.54) is 6.20 Å². The summed E-state index contributed by atoms with van der Waals surface area (Å²) in [5.41, 5.74) is 0.348. The first-order valence-electron chi connectivity index (χ1n) is 13.6. The molecule has 4 rings (SSSR count). The number of ether oxygens (including phenoxy) is 1. The van der Waals surface area contributed by atoms with Crippen molar-refractivity contribution in [3.8, 4) is 11.3 Å². The van der Waals surface area contributed by atoms with Crippen molar-refractivity contribution in [3.05, 3.63) is 76.7 Å². The van der Waals surface area contributed by atoms with Crippen molar-refractivity contribution in [1.29, 1.82) is 0 Å². The zero-order valence-corrected chi connectivity index (χ0v) is 26.4. The van der Waals surface area contributed by atoms with Gasteiger partial charge in [-0.25, -0.2) is 23.4 Å². The molecule has 0 spiro atoms. The maximum atomic E-state index is 12.9. The quantitative estimate of drug-likeness (QED) is 0.221. The summed E-state index contributed by atoms with van der Waals surface area (Å²) in [4.78, 5) is 42.5. The predicted octanol–water partition coefficient (Wildman–Crippen LogP) is 7.28. The normalized spacial score (nSPS) is 18.3. The summed E-state index contributed by atoms with van der Waals surface area (Å²) in [6, 6.07) is 12.9. The van der Waals surface area contributed by atoms with Crippen LogP contribution in [0.15, 0.2) is 54.7 Å². The lowest BCUT2D eigenvalue weighted by molar-refractivity contribution is -0.128. The molecule has 1 aliphatic heterocycles. The summed E-state index contributed by atoms with van der Waals surface area (Å²) >= 11 is 6.67. The van der Waals surface area contributed by atoms with Crippen LogP contribution in [0.4, 0.5) is 9.59 Å². The minimum Gasteiger partial charge on any atom is -0.464 e. The summed E-state index contributed by atoms with van der Waals surface area (Å²) in [5.74, 6) is -0.317. The smallest absolute Gasteiger partial charge is 0.417 e. The standard InChI is InChI=1S/C30H37ClN4O7S/c1-29(2,3)35-25(36)16-24(43(35,40)41)20-13-12-18(14-21(20)31)15-22(33-27(37)42-30(4,5)6)26-32-17-23(34(26)28(38)39)19-10-8-7-9-11-19/h7-14,17,22,24,40-41H,15-16H2,1-6H3,(H,33,37)(H,38,39). The van der Waals surface area contributed by atoms with Gasteiger partial charge in [0.2, 0.25) is 5.91 Å². The molecule has 1 saturated heterocycles. The Bertz CT molecular complexity index is 1530. The van der Waals surface area contributed by atoms with E-state index in [2.05, 4.69) is 10.3 Å². The van der Waals surface area contributed by atoms with Gasteiger partial charge in [0.1, 0.15) is 16.7 Å². The summed E-state index contributed by atoms with van der Waals surface area (Å²) < 4.78 is 29.8. The molecule has 43 heavy (non-hydrogen) atoms. The third-order valence-electron chi connectivity index (χ3n) is 6.75. The molecular weight excluding hydrogens is 596 g/mol. The highest BCUT2D eigenvalue weighted by Crippen LogP contribution is 2.66. The van der Waals surface area contributed by atoms with Gasteiger partial charge in [-0.15, -0.1) is 10.8 Å². The number of hydrogen-bond donors (Lipinski definition) is 4. The maximum Gasteiger partial charge on any atom is 0.417 e. The third kappa shape index (κ3) is 6.98. The number of carbonyl (C=O) groups is 3. The van der Waals surface area contributed by atoms with Crippen LogP contribution in [0, 0.1) is 0 Å². The van der Waals surface area contributed by atoms with Crippen molar-refractivity contribution >= 4 is 40.5 Å². The van der Waals surface area contributed by atoms with Gasteiger partial charge in [0.15, 0.2) is 0 Å². The molecule has 0 radical (unpaired) electrons. The number of carboxylic acid groups (broad SMARTS) is 1. The van der Waals surface area contributed by atoms with Crippen LogP contribution in [-0.4, -0.2) is 57.3 Å². The Balaban J connectivity index is 1.71. The van der Waals surface area contributed by atoms with E-state index >= 15 is 0 Å². The van der Waals surface area contributed by atoms with Gasteiger partial charge >= 0.3 is 12.2 Å². The Labute approximate surface area is 257 Å². The van der Waals surface area contributed by atoms with Crippen molar-refractivity contribution in [2.24, 2.45) is 0 Å². The Morgan fingerprint density at radius 2 is 1.77 bits per heavy atom. The number of halogens is 1. The Kier molecular flexibility index (Phi) is 8.90. The fourth-order valence-electron chi connectivity index (χ4n) is 5.16. The molecule has 2 amide bonds. The van der Waals surface area contributed by atoms with Crippen LogP contribution >= 0.6 is 22.4 Å². The fraction of sp³-hybridized carbons (Fsp3) is 0.400. The number of hydrogen-bond acceptors (Lipinski definition) is 7. The second-order valence-corrected chi connectivity index (χ2v) is 14.8. The molecule has 13 heteroatoms. The lowest BCUT2D eigenvalue weighted by Crippen LogP contribution is -2.43. The van der Waals surface area contributed by atoms with E-state index < -0.39 is 45.4 Å². The molecule has 2 aromatic carbocycles. The Morgan fingerprint density at radius 3 is 2.30 bits per heavy atom. The van der Waals surface area contributed by atoms with Gasteiger partial charge < -0.3 is 15.2 Å². The van der Waals surface area contributed by atoms with E-state index in [0.717, 1.165) is 8.87 Å². The minimum absolute atomic E-state index is 0.0637. The second kappa shape index (κ2) is 11.8.